The molecule has 128 valence electrons. The summed E-state index contributed by atoms with van der Waals surface area (Å²) in [6.45, 7) is 0.339. The molecule has 1 aromatic rings. The first kappa shape index (κ1) is 16.4. The van der Waals surface area contributed by atoms with Crippen molar-refractivity contribution in [1.82, 2.24) is 4.90 Å². The summed E-state index contributed by atoms with van der Waals surface area (Å²) >= 11 is 0. The number of fused-ring (bicyclic) bond motifs is 3. The number of ether oxygens (including phenoxy) is 2. The molecule has 23 heavy (non-hydrogen) atoms. The summed E-state index contributed by atoms with van der Waals surface area (Å²) in [5, 5.41) is 9.92. The predicted octanol–water partition coefficient (Wildman–Crippen LogP) is 2.69. The minimum absolute atomic E-state index is 0.0908. The van der Waals surface area contributed by atoms with Gasteiger partial charge in [0.25, 0.3) is 0 Å². The largest absolute Gasteiger partial charge is 0.493 e. The van der Waals surface area contributed by atoms with Gasteiger partial charge in [-0.15, -0.1) is 0 Å². The van der Waals surface area contributed by atoms with Crippen LogP contribution in [0.15, 0.2) is 12.1 Å². The fraction of sp³-hybridized carbons (Fsp3) is 0.625. The lowest BCUT2D eigenvalue weighted by molar-refractivity contribution is -0.153. The average Bonchev–Trinajstić information content (AvgIpc) is 2.51. The van der Waals surface area contributed by atoms with Gasteiger partial charge in [0.15, 0.2) is 18.1 Å². The highest BCUT2D eigenvalue weighted by Gasteiger charge is 2.34. The zero-order valence-corrected chi connectivity index (χ0v) is 12.9. The van der Waals surface area contributed by atoms with Crippen LogP contribution < -0.4 is 9.47 Å². The van der Waals surface area contributed by atoms with E-state index in [1.54, 1.807) is 12.1 Å². The quantitative estimate of drug-likeness (QED) is 0.925. The van der Waals surface area contributed by atoms with E-state index < -0.39 is 12.8 Å². The number of halogens is 3. The molecule has 0 aromatic heterocycles. The summed E-state index contributed by atoms with van der Waals surface area (Å²) in [7, 11) is 1.42. The third-order valence-electron chi connectivity index (χ3n) is 4.53. The highest BCUT2D eigenvalue weighted by atomic mass is 19.4. The van der Waals surface area contributed by atoms with Crippen molar-refractivity contribution in [1.29, 1.82) is 0 Å². The molecule has 2 unspecified atom stereocenters. The monoisotopic (exact) mass is 331 g/mol. The average molecular weight is 331 g/mol. The Morgan fingerprint density at radius 3 is 2.74 bits per heavy atom. The van der Waals surface area contributed by atoms with E-state index in [-0.39, 0.29) is 17.9 Å². The van der Waals surface area contributed by atoms with Gasteiger partial charge in [0.2, 0.25) is 0 Å². The molecule has 2 aliphatic heterocycles. The first-order chi connectivity index (χ1) is 10.9. The number of hydrogen-bond acceptors (Lipinski definition) is 4. The van der Waals surface area contributed by atoms with Crippen LogP contribution in [0.5, 0.6) is 11.5 Å². The number of hydrogen-bond donors (Lipinski definition) is 1. The topological polar surface area (TPSA) is 41.9 Å². The molecule has 0 radical (unpaired) electrons. The van der Waals surface area contributed by atoms with Crippen LogP contribution in [0, 0.1) is 0 Å². The number of rotatable bonds is 3. The molecule has 0 spiro atoms. The van der Waals surface area contributed by atoms with E-state index in [9.17, 15) is 18.3 Å². The second-order valence-electron chi connectivity index (χ2n) is 6.09. The van der Waals surface area contributed by atoms with E-state index in [1.165, 1.54) is 7.11 Å². The zero-order chi connectivity index (χ0) is 16.6. The summed E-state index contributed by atoms with van der Waals surface area (Å²) in [6.07, 6.45) is -2.57. The Kier molecular flexibility index (Phi) is 4.42. The lowest BCUT2D eigenvalue weighted by Gasteiger charge is -2.42. The predicted molar refractivity (Wildman–Crippen MR) is 77.8 cm³/mol. The van der Waals surface area contributed by atoms with Crippen molar-refractivity contribution in [2.45, 2.75) is 37.6 Å². The molecule has 3 rings (SSSR count). The van der Waals surface area contributed by atoms with Crippen LogP contribution >= 0.6 is 0 Å². The van der Waals surface area contributed by atoms with Crippen molar-refractivity contribution < 1.29 is 27.8 Å². The second kappa shape index (κ2) is 6.20. The van der Waals surface area contributed by atoms with Gasteiger partial charge in [-0.05, 0) is 42.5 Å². The third kappa shape index (κ3) is 3.55. The molecule has 1 saturated heterocycles. The van der Waals surface area contributed by atoms with E-state index in [2.05, 4.69) is 4.90 Å². The maximum absolute atomic E-state index is 12.4. The van der Waals surface area contributed by atoms with Crippen molar-refractivity contribution in [3.05, 3.63) is 23.3 Å². The molecular formula is C16H20F3NO3. The fourth-order valence-corrected chi connectivity index (χ4v) is 3.43. The SMILES string of the molecule is COc1cc2c(cc1OCC(F)(F)F)CCN1CCC(O)CC21. The van der Waals surface area contributed by atoms with Gasteiger partial charge in [0.1, 0.15) is 0 Å². The summed E-state index contributed by atoms with van der Waals surface area (Å²) in [4.78, 5) is 2.31. The molecule has 0 saturated carbocycles. The molecule has 1 fully saturated rings. The van der Waals surface area contributed by atoms with Crippen LogP contribution in [0.2, 0.25) is 0 Å². The maximum atomic E-state index is 12.4. The number of aliphatic hydroxyl groups is 1. The van der Waals surface area contributed by atoms with Crippen LogP contribution in [-0.4, -0.2) is 49.1 Å². The number of nitrogens with zero attached hydrogens (tertiary/aromatic N) is 1. The van der Waals surface area contributed by atoms with Crippen LogP contribution in [0.1, 0.15) is 30.0 Å². The molecule has 7 heteroatoms. The summed E-state index contributed by atoms with van der Waals surface area (Å²) in [5.74, 6) is 0.420. The molecule has 2 heterocycles. The molecular weight excluding hydrogens is 311 g/mol. The molecule has 0 bridgehead atoms. The second-order valence-corrected chi connectivity index (χ2v) is 6.09. The van der Waals surface area contributed by atoms with Crippen molar-refractivity contribution in [3.63, 3.8) is 0 Å². The van der Waals surface area contributed by atoms with Gasteiger partial charge in [0.05, 0.1) is 13.2 Å². The Bertz CT molecular complexity index is 576. The molecule has 4 nitrogen and oxygen atoms in total. The number of alkyl halides is 3. The lowest BCUT2D eigenvalue weighted by Crippen LogP contribution is -2.42. The van der Waals surface area contributed by atoms with Gasteiger partial charge >= 0.3 is 6.18 Å². The van der Waals surface area contributed by atoms with Crippen molar-refractivity contribution in [2.24, 2.45) is 0 Å². The van der Waals surface area contributed by atoms with E-state index >= 15 is 0 Å². The Hall–Kier alpha value is -1.47. The Morgan fingerprint density at radius 2 is 2.04 bits per heavy atom. The van der Waals surface area contributed by atoms with Crippen molar-refractivity contribution >= 4 is 0 Å². The lowest BCUT2D eigenvalue weighted by atomic mass is 9.85. The first-order valence-corrected chi connectivity index (χ1v) is 7.70. The summed E-state index contributed by atoms with van der Waals surface area (Å²) in [5.41, 5.74) is 1.99. The number of piperidine rings is 1. The van der Waals surface area contributed by atoms with E-state index in [0.717, 1.165) is 37.1 Å². The van der Waals surface area contributed by atoms with Crippen molar-refractivity contribution in [3.8, 4) is 11.5 Å². The normalized spacial score (nSPS) is 24.7. The number of aliphatic hydroxyl groups excluding tert-OH is 1. The highest BCUT2D eigenvalue weighted by molar-refractivity contribution is 5.49. The number of benzene rings is 1. The van der Waals surface area contributed by atoms with E-state index in [4.69, 9.17) is 9.47 Å². The molecule has 2 atom stereocenters. The smallest absolute Gasteiger partial charge is 0.422 e. The minimum atomic E-state index is -4.38. The van der Waals surface area contributed by atoms with Gasteiger partial charge in [-0.25, -0.2) is 0 Å². The maximum Gasteiger partial charge on any atom is 0.422 e. The molecule has 1 N–H and O–H groups in total. The molecule has 0 amide bonds. The summed E-state index contributed by atoms with van der Waals surface area (Å²) < 4.78 is 47.3. The van der Waals surface area contributed by atoms with Gasteiger partial charge in [-0.1, -0.05) is 0 Å². The van der Waals surface area contributed by atoms with E-state index in [0.29, 0.717) is 12.2 Å². The van der Waals surface area contributed by atoms with Crippen LogP contribution in [0.4, 0.5) is 13.2 Å². The molecule has 0 aliphatic carbocycles. The van der Waals surface area contributed by atoms with Crippen molar-refractivity contribution in [2.75, 3.05) is 26.8 Å². The van der Waals surface area contributed by atoms with Crippen LogP contribution in [-0.2, 0) is 6.42 Å². The highest BCUT2D eigenvalue weighted by Crippen LogP contribution is 2.42. The fourth-order valence-electron chi connectivity index (χ4n) is 3.43. The van der Waals surface area contributed by atoms with Gasteiger partial charge in [0, 0.05) is 19.1 Å². The Labute approximate surface area is 132 Å². The van der Waals surface area contributed by atoms with Gasteiger partial charge in [-0.3, -0.25) is 4.90 Å². The third-order valence-corrected chi connectivity index (χ3v) is 4.53. The van der Waals surface area contributed by atoms with Crippen LogP contribution in [0.25, 0.3) is 0 Å². The van der Waals surface area contributed by atoms with E-state index in [1.807, 2.05) is 0 Å². The van der Waals surface area contributed by atoms with Gasteiger partial charge in [-0.2, -0.15) is 13.2 Å². The standard InChI is InChI=1S/C16H20F3NO3/c1-22-14-8-12-10(6-15(14)23-9-16(17,18)19)2-4-20-5-3-11(21)7-13(12)20/h6,8,11,13,21H,2-5,7,9H2,1H3. The van der Waals surface area contributed by atoms with Crippen LogP contribution in [0.3, 0.4) is 0 Å². The minimum Gasteiger partial charge on any atom is -0.493 e. The summed E-state index contributed by atoms with van der Waals surface area (Å²) in [6, 6.07) is 3.50. The molecule has 2 aliphatic rings. The van der Waals surface area contributed by atoms with Gasteiger partial charge < -0.3 is 14.6 Å². The number of methoxy groups -OCH3 is 1. The zero-order valence-electron chi connectivity index (χ0n) is 12.9. The molecule has 1 aromatic carbocycles. The Balaban J connectivity index is 1.89. The Morgan fingerprint density at radius 1 is 1.26 bits per heavy atom. The first-order valence-electron chi connectivity index (χ1n) is 7.70.